The highest BCUT2D eigenvalue weighted by molar-refractivity contribution is 6.03. The number of nitrogen functional groups attached to an aromatic ring is 1. The number of benzene rings is 2. The van der Waals surface area contributed by atoms with Crippen molar-refractivity contribution >= 4 is 17.6 Å². The van der Waals surface area contributed by atoms with Gasteiger partial charge in [0.05, 0.1) is 12.7 Å². The van der Waals surface area contributed by atoms with Crippen molar-refractivity contribution in [1.29, 1.82) is 0 Å². The van der Waals surface area contributed by atoms with E-state index < -0.39 is 17.1 Å². The van der Waals surface area contributed by atoms with Crippen molar-refractivity contribution in [2.75, 3.05) is 12.8 Å². The monoisotopic (exact) mass is 449 g/mol. The number of alkyl halides is 1. The Labute approximate surface area is 189 Å². The summed E-state index contributed by atoms with van der Waals surface area (Å²) in [5.74, 6) is -0.359. The second kappa shape index (κ2) is 7.33. The molecule has 0 aliphatic heterocycles. The van der Waals surface area contributed by atoms with Crippen LogP contribution in [0.3, 0.4) is 0 Å². The fourth-order valence-electron chi connectivity index (χ4n) is 4.74. The molecule has 2 aromatic carbocycles. The van der Waals surface area contributed by atoms with E-state index in [4.69, 9.17) is 16.2 Å². The number of carbonyl (C=O) groups is 2. The molecule has 2 atom stereocenters. The Kier molecular flexibility index (Phi) is 4.66. The van der Waals surface area contributed by atoms with Crippen LogP contribution in [0.1, 0.15) is 45.5 Å². The molecule has 2 aliphatic rings. The lowest BCUT2D eigenvalue weighted by Crippen LogP contribution is -2.38. The number of para-hydroxylation sites is 1. The molecular formula is C24H24FN5O3. The van der Waals surface area contributed by atoms with E-state index in [1.54, 1.807) is 36.4 Å². The highest BCUT2D eigenvalue weighted by atomic mass is 19.1. The van der Waals surface area contributed by atoms with Crippen molar-refractivity contribution < 1.29 is 18.7 Å². The second-order valence-electron chi connectivity index (χ2n) is 8.64. The van der Waals surface area contributed by atoms with E-state index in [9.17, 15) is 14.0 Å². The van der Waals surface area contributed by atoms with Gasteiger partial charge < -0.3 is 21.5 Å². The maximum Gasteiger partial charge on any atom is 0.255 e. The van der Waals surface area contributed by atoms with Gasteiger partial charge in [-0.25, -0.2) is 9.07 Å². The molecule has 0 spiro atoms. The second-order valence-corrected chi connectivity index (χ2v) is 8.64. The number of primary amides is 1. The first-order valence-corrected chi connectivity index (χ1v) is 10.7. The summed E-state index contributed by atoms with van der Waals surface area (Å²) < 4.78 is 21.3. The van der Waals surface area contributed by atoms with Gasteiger partial charge in [0.2, 0.25) is 0 Å². The zero-order chi connectivity index (χ0) is 23.4. The van der Waals surface area contributed by atoms with Crippen molar-refractivity contribution in [1.82, 2.24) is 15.1 Å². The van der Waals surface area contributed by atoms with Gasteiger partial charge in [-0.3, -0.25) is 9.59 Å². The number of nitrogens with zero attached hydrogens (tertiary/aromatic N) is 2. The van der Waals surface area contributed by atoms with E-state index in [0.717, 1.165) is 5.56 Å². The normalized spacial score (nSPS) is 22.7. The molecule has 0 saturated heterocycles. The zero-order valence-corrected chi connectivity index (χ0v) is 18.1. The van der Waals surface area contributed by atoms with Crippen molar-refractivity contribution in [3.63, 3.8) is 0 Å². The predicted molar refractivity (Wildman–Crippen MR) is 120 cm³/mol. The average Bonchev–Trinajstić information content (AvgIpc) is 3.08. The predicted octanol–water partition coefficient (Wildman–Crippen LogP) is 2.77. The first-order valence-electron chi connectivity index (χ1n) is 10.7. The molecule has 3 aromatic rings. The number of anilines is 1. The minimum atomic E-state index is -1.29. The summed E-state index contributed by atoms with van der Waals surface area (Å²) in [6, 6.07) is 14.2. The number of fused-ring (bicyclic) bond motifs is 1. The van der Waals surface area contributed by atoms with Crippen LogP contribution < -0.4 is 21.5 Å². The fourth-order valence-corrected chi connectivity index (χ4v) is 4.74. The summed E-state index contributed by atoms with van der Waals surface area (Å²) in [5.41, 5.74) is 12.1. The lowest BCUT2D eigenvalue weighted by Gasteiger charge is -2.30. The smallest absolute Gasteiger partial charge is 0.255 e. The van der Waals surface area contributed by atoms with Crippen molar-refractivity contribution in [3.8, 4) is 17.0 Å². The number of hydrogen-bond acceptors (Lipinski definition) is 5. The van der Waals surface area contributed by atoms with E-state index in [2.05, 4.69) is 10.4 Å². The quantitative estimate of drug-likeness (QED) is 0.511. The number of carbonyl (C=O) groups excluding carboxylic acids is 2. The number of hydrogen-bond donors (Lipinski definition) is 3. The Balaban J connectivity index is 1.36. The largest absolute Gasteiger partial charge is 0.496 e. The van der Waals surface area contributed by atoms with Crippen molar-refractivity contribution in [3.05, 3.63) is 65.2 Å². The minimum absolute atomic E-state index is 0.0998. The van der Waals surface area contributed by atoms with Crippen LogP contribution in [0.25, 0.3) is 11.3 Å². The Hall–Kier alpha value is -3.88. The Morgan fingerprint density at radius 1 is 1.18 bits per heavy atom. The van der Waals surface area contributed by atoms with E-state index in [-0.39, 0.29) is 17.3 Å². The number of halogens is 1. The van der Waals surface area contributed by atoms with Crippen LogP contribution in [-0.4, -0.2) is 34.4 Å². The van der Waals surface area contributed by atoms with Crippen LogP contribution in [0.2, 0.25) is 0 Å². The molecule has 2 amide bonds. The highest BCUT2D eigenvalue weighted by Gasteiger charge is 2.78. The van der Waals surface area contributed by atoms with Crippen LogP contribution in [0.5, 0.6) is 5.75 Å². The molecule has 2 aliphatic carbocycles. The summed E-state index contributed by atoms with van der Waals surface area (Å²) >= 11 is 0. The first kappa shape index (κ1) is 21.0. The third-order valence-electron chi connectivity index (χ3n) is 6.82. The fraction of sp³-hybridized carbons (Fsp3) is 0.292. The molecule has 5 rings (SSSR count). The van der Waals surface area contributed by atoms with Gasteiger partial charge in [-0.1, -0.05) is 36.4 Å². The molecule has 1 unspecified atom stereocenters. The molecule has 2 saturated carbocycles. The van der Waals surface area contributed by atoms with E-state index in [1.165, 1.54) is 11.8 Å². The van der Waals surface area contributed by atoms with Crippen molar-refractivity contribution in [2.24, 2.45) is 5.73 Å². The van der Waals surface area contributed by atoms with Crippen LogP contribution in [0.4, 0.5) is 10.2 Å². The number of amides is 2. The number of nitrogens with two attached hydrogens (primary N) is 2. The maximum absolute atomic E-state index is 14.6. The first-order chi connectivity index (χ1) is 15.8. The minimum Gasteiger partial charge on any atom is -0.496 e. The Morgan fingerprint density at radius 3 is 2.48 bits per heavy atom. The van der Waals surface area contributed by atoms with Gasteiger partial charge in [0, 0.05) is 18.5 Å². The number of ether oxygens (including phenoxy) is 1. The number of rotatable bonds is 7. The number of methoxy groups -OCH3 is 1. The molecule has 2 fully saturated rings. The standard InChI is InChI=1S/C24H24FN5O3/c1-33-17-5-3-2-4-16(17)22(32)28-12-14-6-8-15(9-7-14)19-18(21(27)31)20(26)30(29-19)24-11-10-23(24,25)13-24/h2-9H,10-13,26H2,1H3,(H2,27,31)(H,28,32)/t23-,24?/m1/s1. The summed E-state index contributed by atoms with van der Waals surface area (Å²) in [6.07, 6.45) is 1.47. The van der Waals surface area contributed by atoms with Gasteiger partial charge >= 0.3 is 0 Å². The summed E-state index contributed by atoms with van der Waals surface area (Å²) in [6.45, 7) is 0.296. The average molecular weight is 449 g/mol. The molecule has 5 N–H and O–H groups in total. The van der Waals surface area contributed by atoms with Crippen LogP contribution in [0.15, 0.2) is 48.5 Å². The molecule has 1 heterocycles. The molecular weight excluding hydrogens is 425 g/mol. The molecule has 1 aromatic heterocycles. The van der Waals surface area contributed by atoms with Gasteiger partial charge in [-0.05, 0) is 30.5 Å². The third kappa shape index (κ3) is 3.14. The van der Waals surface area contributed by atoms with Gasteiger partial charge in [0.25, 0.3) is 11.8 Å². The SMILES string of the molecule is COc1ccccc1C(=O)NCc1ccc(-c2nn(C34CC[C@@]3(F)C4)c(N)c2C(N)=O)cc1. The van der Waals surface area contributed by atoms with Crippen LogP contribution in [-0.2, 0) is 12.1 Å². The molecule has 0 radical (unpaired) electrons. The van der Waals surface area contributed by atoms with Gasteiger partial charge in [0.15, 0.2) is 0 Å². The van der Waals surface area contributed by atoms with Gasteiger partial charge in [-0.15, -0.1) is 0 Å². The topological polar surface area (TPSA) is 125 Å². The molecule has 170 valence electrons. The Bertz CT molecular complexity index is 1270. The van der Waals surface area contributed by atoms with Crippen LogP contribution in [0, 0.1) is 0 Å². The molecule has 9 heteroatoms. The lowest BCUT2D eigenvalue weighted by atomic mass is 9.90. The van der Waals surface area contributed by atoms with E-state index in [1.807, 2.05) is 12.1 Å². The Morgan fingerprint density at radius 2 is 1.91 bits per heavy atom. The number of nitrogens with one attached hydrogen (secondary N) is 1. The summed E-state index contributed by atoms with van der Waals surface area (Å²) in [5, 5.41) is 7.37. The van der Waals surface area contributed by atoms with Gasteiger partial charge in [0.1, 0.15) is 34.0 Å². The van der Waals surface area contributed by atoms with Gasteiger partial charge in [-0.2, -0.15) is 5.10 Å². The summed E-state index contributed by atoms with van der Waals surface area (Å²) in [4.78, 5) is 24.6. The van der Waals surface area contributed by atoms with Crippen LogP contribution >= 0.6 is 0 Å². The lowest BCUT2D eigenvalue weighted by molar-refractivity contribution is 0.0946. The van der Waals surface area contributed by atoms with E-state index in [0.29, 0.717) is 48.4 Å². The summed E-state index contributed by atoms with van der Waals surface area (Å²) in [7, 11) is 1.51. The van der Waals surface area contributed by atoms with Crippen molar-refractivity contribution in [2.45, 2.75) is 37.0 Å². The zero-order valence-electron chi connectivity index (χ0n) is 18.1. The maximum atomic E-state index is 14.6. The third-order valence-corrected chi connectivity index (χ3v) is 6.82. The highest BCUT2D eigenvalue weighted by Crippen LogP contribution is 2.71. The van der Waals surface area contributed by atoms with E-state index >= 15 is 0 Å². The number of aromatic nitrogens is 2. The molecule has 0 bridgehead atoms. The molecule has 33 heavy (non-hydrogen) atoms. The molecule has 8 nitrogen and oxygen atoms in total.